The Morgan fingerprint density at radius 2 is 1.76 bits per heavy atom. The lowest BCUT2D eigenvalue weighted by Crippen LogP contribution is -2.31. The molecule has 5 nitrogen and oxygen atoms in total. The minimum atomic E-state index is -0.0157. The zero-order chi connectivity index (χ0) is 24.9. The molecule has 37 heavy (non-hydrogen) atoms. The molecule has 0 amide bonds. The van der Waals surface area contributed by atoms with Crippen molar-refractivity contribution in [1.29, 1.82) is 0 Å². The summed E-state index contributed by atoms with van der Waals surface area (Å²) in [4.78, 5) is 22.9. The number of nitrogens with zero attached hydrogens (tertiary/aromatic N) is 4. The molecule has 1 atom stereocenters. The van der Waals surface area contributed by atoms with Crippen LogP contribution < -0.4 is 10.5 Å². The minimum absolute atomic E-state index is 0.0157. The van der Waals surface area contributed by atoms with E-state index < -0.39 is 0 Å². The Labute approximate surface area is 221 Å². The molecule has 0 radical (unpaired) electrons. The van der Waals surface area contributed by atoms with Crippen LogP contribution in [0.5, 0.6) is 0 Å². The molecular formula is C31H32N4OS. The largest absolute Gasteiger partial charge is 0.356 e. The third kappa shape index (κ3) is 4.03. The third-order valence-electron chi connectivity index (χ3n) is 8.26. The molecule has 2 aromatic carbocycles. The number of fused-ring (bicyclic) bond motifs is 4. The first-order valence-corrected chi connectivity index (χ1v) is 14.4. The lowest BCUT2D eigenvalue weighted by atomic mass is 9.90. The normalized spacial score (nSPS) is 19.3. The second-order valence-electron chi connectivity index (χ2n) is 10.8. The average molecular weight is 509 g/mol. The van der Waals surface area contributed by atoms with Crippen molar-refractivity contribution >= 4 is 43.0 Å². The van der Waals surface area contributed by atoms with E-state index >= 15 is 0 Å². The summed E-state index contributed by atoms with van der Waals surface area (Å²) in [5, 5.41) is 2.63. The molecule has 0 aliphatic carbocycles. The summed E-state index contributed by atoms with van der Waals surface area (Å²) in [7, 11) is 2.23. The standard InChI is InChI=1S/C31H32N4OS/c1-33-14-6-8-22(20-33)21-12-13-27-26(18-21)24-10-5-9-23(30(24)37-27)25-11-7-17-35-29(36)19-28(32-31(25)35)34-15-3-2-4-16-34/h5,7,9-13,17-19,22H,2-4,6,8,14-16,20H2,1H3. The van der Waals surface area contributed by atoms with Gasteiger partial charge >= 0.3 is 0 Å². The van der Waals surface area contributed by atoms with Gasteiger partial charge < -0.3 is 9.80 Å². The van der Waals surface area contributed by atoms with E-state index in [-0.39, 0.29) is 5.56 Å². The number of hydrogen-bond acceptors (Lipinski definition) is 5. The number of benzene rings is 2. The summed E-state index contributed by atoms with van der Waals surface area (Å²) in [5.41, 5.74) is 4.35. The third-order valence-corrected chi connectivity index (χ3v) is 9.48. The van der Waals surface area contributed by atoms with Crippen molar-refractivity contribution in [1.82, 2.24) is 14.3 Å². The van der Waals surface area contributed by atoms with Gasteiger partial charge in [-0.2, -0.15) is 0 Å². The van der Waals surface area contributed by atoms with Crippen LogP contribution in [0.25, 0.3) is 36.9 Å². The quantitative estimate of drug-likeness (QED) is 0.278. The van der Waals surface area contributed by atoms with E-state index in [1.165, 1.54) is 51.5 Å². The molecule has 3 aromatic heterocycles. The van der Waals surface area contributed by atoms with Gasteiger partial charge in [0.2, 0.25) is 0 Å². The van der Waals surface area contributed by atoms with Crippen molar-refractivity contribution in [3.05, 3.63) is 76.7 Å². The van der Waals surface area contributed by atoms with Crippen LogP contribution >= 0.6 is 11.3 Å². The Balaban J connectivity index is 1.38. The number of piperidine rings is 2. The topological polar surface area (TPSA) is 40.9 Å². The number of pyridine rings is 1. The van der Waals surface area contributed by atoms with E-state index in [4.69, 9.17) is 4.98 Å². The highest BCUT2D eigenvalue weighted by atomic mass is 32.1. The number of likely N-dealkylation sites (tertiary alicyclic amines) is 1. The van der Waals surface area contributed by atoms with E-state index in [1.54, 1.807) is 10.5 Å². The number of rotatable bonds is 3. The van der Waals surface area contributed by atoms with E-state index in [1.807, 2.05) is 23.6 Å². The fraction of sp³-hybridized carbons (Fsp3) is 0.355. The molecule has 2 saturated heterocycles. The Kier molecular flexibility index (Phi) is 5.74. The molecule has 1 unspecified atom stereocenters. The predicted octanol–water partition coefficient (Wildman–Crippen LogP) is 6.53. The summed E-state index contributed by atoms with van der Waals surface area (Å²) in [5.74, 6) is 1.41. The van der Waals surface area contributed by atoms with Gasteiger partial charge in [-0.05, 0) is 81.4 Å². The first kappa shape index (κ1) is 22.9. The van der Waals surface area contributed by atoms with E-state index in [0.717, 1.165) is 55.1 Å². The molecule has 5 aromatic rings. The number of anilines is 1. The second kappa shape index (κ2) is 9.26. The predicted molar refractivity (Wildman–Crippen MR) is 155 cm³/mol. The Bertz CT molecular complexity index is 1680. The van der Waals surface area contributed by atoms with Crippen LogP contribution in [0.1, 0.15) is 43.6 Å². The van der Waals surface area contributed by atoms with E-state index in [2.05, 4.69) is 59.3 Å². The zero-order valence-corrected chi connectivity index (χ0v) is 22.1. The van der Waals surface area contributed by atoms with Gasteiger partial charge in [0.1, 0.15) is 11.5 Å². The maximum absolute atomic E-state index is 13.1. The van der Waals surface area contributed by atoms with Crippen molar-refractivity contribution in [3.8, 4) is 11.1 Å². The second-order valence-corrected chi connectivity index (χ2v) is 11.8. The molecule has 2 aliphatic rings. The molecule has 0 N–H and O–H groups in total. The van der Waals surface area contributed by atoms with Crippen LogP contribution in [0.15, 0.2) is 65.6 Å². The van der Waals surface area contributed by atoms with Crippen LogP contribution in [-0.4, -0.2) is 47.5 Å². The van der Waals surface area contributed by atoms with Gasteiger partial charge in [0.25, 0.3) is 5.56 Å². The van der Waals surface area contributed by atoms with Crippen molar-refractivity contribution < 1.29 is 0 Å². The van der Waals surface area contributed by atoms with Gasteiger partial charge in [0.15, 0.2) is 0 Å². The molecule has 0 bridgehead atoms. The molecule has 5 heterocycles. The van der Waals surface area contributed by atoms with Gasteiger partial charge in [0.05, 0.1) is 0 Å². The van der Waals surface area contributed by atoms with Crippen LogP contribution in [0.4, 0.5) is 5.82 Å². The highest BCUT2D eigenvalue weighted by Gasteiger charge is 2.21. The minimum Gasteiger partial charge on any atom is -0.356 e. The number of thiophene rings is 1. The fourth-order valence-electron chi connectivity index (χ4n) is 6.33. The number of hydrogen-bond donors (Lipinski definition) is 0. The van der Waals surface area contributed by atoms with Crippen LogP contribution in [0.3, 0.4) is 0 Å². The highest BCUT2D eigenvalue weighted by Crippen LogP contribution is 2.42. The maximum atomic E-state index is 13.1. The van der Waals surface area contributed by atoms with Gasteiger partial charge in [-0.25, -0.2) is 4.98 Å². The summed E-state index contributed by atoms with van der Waals surface area (Å²) in [6.07, 6.45) is 7.93. The molecule has 2 fully saturated rings. The van der Waals surface area contributed by atoms with E-state index in [9.17, 15) is 4.79 Å². The Morgan fingerprint density at radius 1 is 0.892 bits per heavy atom. The first-order chi connectivity index (χ1) is 18.2. The molecule has 6 heteroatoms. The molecule has 7 rings (SSSR count). The van der Waals surface area contributed by atoms with E-state index in [0.29, 0.717) is 5.92 Å². The number of aromatic nitrogens is 2. The lowest BCUT2D eigenvalue weighted by Gasteiger charge is -2.30. The van der Waals surface area contributed by atoms with Crippen molar-refractivity contribution in [2.45, 2.75) is 38.0 Å². The monoisotopic (exact) mass is 508 g/mol. The van der Waals surface area contributed by atoms with Gasteiger partial charge in [-0.1, -0.05) is 24.3 Å². The summed E-state index contributed by atoms with van der Waals surface area (Å²) in [6.45, 7) is 4.27. The van der Waals surface area contributed by atoms with Crippen molar-refractivity contribution in [3.63, 3.8) is 0 Å². The van der Waals surface area contributed by atoms with Crippen LogP contribution in [-0.2, 0) is 0 Å². The molecular weight excluding hydrogens is 476 g/mol. The number of likely N-dealkylation sites (N-methyl/N-ethyl adjacent to an activating group) is 1. The SMILES string of the molecule is CN1CCCC(c2ccc3sc4c(-c5cccn6c(=O)cc(N7CCCCC7)nc56)cccc4c3c2)C1. The molecule has 188 valence electrons. The smallest absolute Gasteiger partial charge is 0.259 e. The molecule has 0 spiro atoms. The fourth-order valence-corrected chi connectivity index (χ4v) is 7.54. The first-order valence-electron chi connectivity index (χ1n) is 13.6. The lowest BCUT2D eigenvalue weighted by molar-refractivity contribution is 0.251. The summed E-state index contributed by atoms with van der Waals surface area (Å²) < 4.78 is 4.28. The van der Waals surface area contributed by atoms with Crippen LogP contribution in [0, 0.1) is 0 Å². The van der Waals surface area contributed by atoms with Gasteiger partial charge in [-0.15, -0.1) is 11.3 Å². The van der Waals surface area contributed by atoms with Gasteiger partial charge in [-0.3, -0.25) is 9.20 Å². The Hall–Kier alpha value is -3.22. The maximum Gasteiger partial charge on any atom is 0.259 e. The summed E-state index contributed by atoms with van der Waals surface area (Å²) >= 11 is 1.85. The average Bonchev–Trinajstić information content (AvgIpc) is 3.31. The molecule has 0 saturated carbocycles. The molecule has 2 aliphatic heterocycles. The summed E-state index contributed by atoms with van der Waals surface area (Å²) in [6, 6.07) is 19.5. The van der Waals surface area contributed by atoms with Crippen molar-refractivity contribution in [2.75, 3.05) is 38.1 Å². The van der Waals surface area contributed by atoms with Crippen LogP contribution in [0.2, 0.25) is 0 Å². The zero-order valence-electron chi connectivity index (χ0n) is 21.3. The Morgan fingerprint density at radius 3 is 2.62 bits per heavy atom. The highest BCUT2D eigenvalue weighted by molar-refractivity contribution is 7.26. The van der Waals surface area contributed by atoms with Crippen molar-refractivity contribution in [2.24, 2.45) is 0 Å². The van der Waals surface area contributed by atoms with Gasteiger partial charge in [0, 0.05) is 63.2 Å².